The van der Waals surface area contributed by atoms with Gasteiger partial charge in [0.15, 0.2) is 0 Å². The number of anilines is 1. The van der Waals surface area contributed by atoms with E-state index in [0.717, 1.165) is 19.4 Å². The summed E-state index contributed by atoms with van der Waals surface area (Å²) >= 11 is 0. The number of nitrogens with one attached hydrogen (secondary N) is 1. The third-order valence-electron chi connectivity index (χ3n) is 3.48. The molecule has 2 saturated heterocycles. The first-order chi connectivity index (χ1) is 8.29. The Kier molecular flexibility index (Phi) is 2.47. The van der Waals surface area contributed by atoms with Gasteiger partial charge in [-0.2, -0.15) is 0 Å². The van der Waals surface area contributed by atoms with Crippen LogP contribution in [-0.2, 0) is 11.3 Å². The molecular formula is C10H15N5O2. The van der Waals surface area contributed by atoms with E-state index in [1.807, 2.05) is 4.90 Å². The molecule has 0 bridgehead atoms. The summed E-state index contributed by atoms with van der Waals surface area (Å²) in [5, 5.41) is 10.7. The van der Waals surface area contributed by atoms with E-state index in [0.29, 0.717) is 18.5 Å². The summed E-state index contributed by atoms with van der Waals surface area (Å²) in [6.45, 7) is 1.75. The van der Waals surface area contributed by atoms with Crippen LogP contribution in [0.15, 0.2) is 4.42 Å². The number of fused-ring (bicyclic) bond motifs is 1. The highest BCUT2D eigenvalue weighted by Gasteiger charge is 2.42. The summed E-state index contributed by atoms with van der Waals surface area (Å²) in [4.78, 5) is 13.6. The summed E-state index contributed by atoms with van der Waals surface area (Å²) in [6.07, 6.45) is 1.90. The lowest BCUT2D eigenvalue weighted by molar-refractivity contribution is -0.123. The number of hydrogen-bond acceptors (Lipinski definition) is 6. The second-order valence-corrected chi connectivity index (χ2v) is 4.44. The molecule has 3 N–H and O–H groups in total. The van der Waals surface area contributed by atoms with Crippen molar-refractivity contribution in [3.63, 3.8) is 0 Å². The van der Waals surface area contributed by atoms with Gasteiger partial charge >= 0.3 is 6.01 Å². The molecule has 2 aliphatic rings. The first-order valence-corrected chi connectivity index (χ1v) is 5.86. The van der Waals surface area contributed by atoms with Gasteiger partial charge in [0.25, 0.3) is 0 Å². The molecule has 3 heterocycles. The van der Waals surface area contributed by atoms with Crippen molar-refractivity contribution in [3.8, 4) is 0 Å². The predicted octanol–water partition coefficient (Wildman–Crippen LogP) is -0.757. The van der Waals surface area contributed by atoms with Gasteiger partial charge in [-0.1, -0.05) is 5.10 Å². The highest BCUT2D eigenvalue weighted by Crippen LogP contribution is 2.30. The Morgan fingerprint density at radius 3 is 3.18 bits per heavy atom. The molecule has 7 nitrogen and oxygen atoms in total. The number of nitrogens with zero attached hydrogens (tertiary/aromatic N) is 3. The normalized spacial score (nSPS) is 28.1. The molecule has 0 spiro atoms. The largest absolute Gasteiger partial charge is 0.407 e. The monoisotopic (exact) mass is 237 g/mol. The minimum absolute atomic E-state index is 0.0528. The average molecular weight is 237 g/mol. The summed E-state index contributed by atoms with van der Waals surface area (Å²) in [7, 11) is 0. The minimum atomic E-state index is 0.0528. The van der Waals surface area contributed by atoms with Crippen molar-refractivity contribution in [2.24, 2.45) is 11.7 Å². The van der Waals surface area contributed by atoms with E-state index in [4.69, 9.17) is 10.2 Å². The molecule has 3 rings (SSSR count). The Labute approximate surface area is 98.4 Å². The number of rotatable bonds is 2. The lowest BCUT2D eigenvalue weighted by Gasteiger charge is -2.34. The molecule has 17 heavy (non-hydrogen) atoms. The predicted molar refractivity (Wildman–Crippen MR) is 59.1 cm³/mol. The fourth-order valence-corrected chi connectivity index (χ4v) is 2.63. The average Bonchev–Trinajstić information content (AvgIpc) is 2.96. The fourth-order valence-electron chi connectivity index (χ4n) is 2.63. The van der Waals surface area contributed by atoms with Crippen molar-refractivity contribution < 1.29 is 9.21 Å². The second-order valence-electron chi connectivity index (χ2n) is 4.44. The Bertz CT molecular complexity index is 432. The van der Waals surface area contributed by atoms with Gasteiger partial charge in [0.1, 0.15) is 0 Å². The molecule has 2 aliphatic heterocycles. The molecule has 2 fully saturated rings. The first kappa shape index (κ1) is 10.5. The molecule has 7 heteroatoms. The molecule has 1 aromatic rings. The molecule has 0 radical (unpaired) electrons. The van der Waals surface area contributed by atoms with Crippen molar-refractivity contribution in [2.45, 2.75) is 25.4 Å². The molecule has 1 aromatic heterocycles. The Hall–Kier alpha value is -1.63. The van der Waals surface area contributed by atoms with Gasteiger partial charge < -0.3 is 20.4 Å². The highest BCUT2D eigenvalue weighted by molar-refractivity contribution is 5.82. The van der Waals surface area contributed by atoms with Crippen LogP contribution in [0, 0.1) is 5.92 Å². The lowest BCUT2D eigenvalue weighted by atomic mass is 9.92. The van der Waals surface area contributed by atoms with Crippen molar-refractivity contribution >= 4 is 11.9 Å². The standard InChI is InChI=1S/C10H15N5O2/c11-4-8-13-14-10(17-8)15-3-1-2-6-7(15)5-12-9(6)16/h6-7H,1-5,11H2,(H,12,16). The third-order valence-corrected chi connectivity index (χ3v) is 3.48. The Morgan fingerprint density at radius 1 is 1.53 bits per heavy atom. The van der Waals surface area contributed by atoms with Crippen LogP contribution in [-0.4, -0.2) is 35.2 Å². The Balaban J connectivity index is 1.84. The first-order valence-electron chi connectivity index (χ1n) is 5.86. The zero-order chi connectivity index (χ0) is 11.8. The van der Waals surface area contributed by atoms with Gasteiger partial charge in [-0.3, -0.25) is 4.79 Å². The van der Waals surface area contributed by atoms with E-state index in [1.165, 1.54) is 0 Å². The molecule has 1 amide bonds. The SMILES string of the molecule is NCc1nnc(N2CCCC3C(=O)NCC32)o1. The summed E-state index contributed by atoms with van der Waals surface area (Å²) < 4.78 is 5.46. The van der Waals surface area contributed by atoms with Gasteiger partial charge in [-0.05, 0) is 12.8 Å². The third kappa shape index (κ3) is 1.66. The van der Waals surface area contributed by atoms with E-state index in [9.17, 15) is 4.79 Å². The summed E-state index contributed by atoms with van der Waals surface area (Å²) in [6, 6.07) is 0.624. The van der Waals surface area contributed by atoms with Crippen LogP contribution < -0.4 is 16.0 Å². The summed E-state index contributed by atoms with van der Waals surface area (Å²) in [5.74, 6) is 0.620. The number of nitrogens with two attached hydrogens (primary N) is 1. The smallest absolute Gasteiger partial charge is 0.318 e. The Morgan fingerprint density at radius 2 is 2.41 bits per heavy atom. The second kappa shape index (κ2) is 3.99. The number of aromatic nitrogens is 2. The van der Waals surface area contributed by atoms with E-state index < -0.39 is 0 Å². The minimum Gasteiger partial charge on any atom is -0.407 e. The van der Waals surface area contributed by atoms with Gasteiger partial charge in [0, 0.05) is 13.1 Å². The van der Waals surface area contributed by atoms with Crippen LogP contribution in [0.2, 0.25) is 0 Å². The van der Waals surface area contributed by atoms with Crippen LogP contribution in [0.4, 0.5) is 6.01 Å². The molecule has 92 valence electrons. The van der Waals surface area contributed by atoms with E-state index >= 15 is 0 Å². The maximum absolute atomic E-state index is 11.6. The molecule has 0 saturated carbocycles. The van der Waals surface area contributed by atoms with Crippen LogP contribution >= 0.6 is 0 Å². The van der Waals surface area contributed by atoms with Crippen LogP contribution in [0.3, 0.4) is 0 Å². The fraction of sp³-hybridized carbons (Fsp3) is 0.700. The lowest BCUT2D eigenvalue weighted by Crippen LogP contribution is -2.45. The molecule has 0 aromatic carbocycles. The zero-order valence-electron chi connectivity index (χ0n) is 9.43. The summed E-state index contributed by atoms with van der Waals surface area (Å²) in [5.41, 5.74) is 5.44. The topological polar surface area (TPSA) is 97.3 Å². The number of carbonyl (C=O) groups excluding carboxylic acids is 1. The number of amides is 1. The van der Waals surface area contributed by atoms with Crippen molar-refractivity contribution in [2.75, 3.05) is 18.0 Å². The van der Waals surface area contributed by atoms with E-state index in [2.05, 4.69) is 15.5 Å². The van der Waals surface area contributed by atoms with E-state index in [1.54, 1.807) is 0 Å². The number of hydrogen-bond donors (Lipinski definition) is 2. The van der Waals surface area contributed by atoms with Crippen molar-refractivity contribution in [1.82, 2.24) is 15.5 Å². The van der Waals surface area contributed by atoms with Gasteiger partial charge in [0.2, 0.25) is 11.8 Å². The quantitative estimate of drug-likeness (QED) is 0.702. The van der Waals surface area contributed by atoms with Crippen molar-refractivity contribution in [3.05, 3.63) is 5.89 Å². The van der Waals surface area contributed by atoms with Gasteiger partial charge in [-0.25, -0.2) is 0 Å². The zero-order valence-corrected chi connectivity index (χ0v) is 9.43. The molecular weight excluding hydrogens is 222 g/mol. The molecule has 0 aliphatic carbocycles. The van der Waals surface area contributed by atoms with Crippen LogP contribution in [0.5, 0.6) is 0 Å². The van der Waals surface area contributed by atoms with Crippen molar-refractivity contribution in [1.29, 1.82) is 0 Å². The maximum Gasteiger partial charge on any atom is 0.318 e. The molecule has 2 unspecified atom stereocenters. The maximum atomic E-state index is 11.6. The van der Waals surface area contributed by atoms with Crippen LogP contribution in [0.1, 0.15) is 18.7 Å². The van der Waals surface area contributed by atoms with Crippen LogP contribution in [0.25, 0.3) is 0 Å². The van der Waals surface area contributed by atoms with Gasteiger partial charge in [-0.15, -0.1) is 5.10 Å². The number of piperidine rings is 1. The number of carbonyl (C=O) groups is 1. The highest BCUT2D eigenvalue weighted by atomic mass is 16.4. The van der Waals surface area contributed by atoms with Gasteiger partial charge in [0.05, 0.1) is 18.5 Å². The van der Waals surface area contributed by atoms with E-state index in [-0.39, 0.29) is 24.4 Å². The molecule has 2 atom stereocenters.